The molecule has 0 heterocycles. The van der Waals surface area contributed by atoms with Gasteiger partial charge in [0.15, 0.2) is 0 Å². The van der Waals surface area contributed by atoms with Gasteiger partial charge in [-0.1, -0.05) is 24.3 Å². The van der Waals surface area contributed by atoms with Crippen LogP contribution in [0.4, 0.5) is 0 Å². The molecule has 0 saturated carbocycles. The molecule has 0 aliphatic carbocycles. The number of hydrogen-bond donors (Lipinski definition) is 1. The van der Waals surface area contributed by atoms with E-state index in [1.807, 2.05) is 30.3 Å². The number of carboxylic acid groups (broad SMARTS) is 1. The van der Waals surface area contributed by atoms with Gasteiger partial charge >= 0.3 is 5.97 Å². The lowest BCUT2D eigenvalue weighted by Crippen LogP contribution is -2.00. The lowest BCUT2D eigenvalue weighted by molar-refractivity contribution is 0.0696. The largest absolute Gasteiger partial charge is 0.489 e. The molecule has 2 rings (SSSR count). The minimum Gasteiger partial charge on any atom is -0.489 e. The Labute approximate surface area is 123 Å². The van der Waals surface area contributed by atoms with Gasteiger partial charge in [-0.3, -0.25) is 0 Å². The molecule has 0 bridgehead atoms. The number of benzene rings is 2. The number of carboxylic acids is 1. The first-order valence-corrected chi connectivity index (χ1v) is 6.72. The lowest BCUT2D eigenvalue weighted by Gasteiger charge is -2.08. The summed E-state index contributed by atoms with van der Waals surface area (Å²) >= 11 is 0. The van der Waals surface area contributed by atoms with Crippen molar-refractivity contribution in [3.63, 3.8) is 0 Å². The van der Waals surface area contributed by atoms with E-state index in [0.29, 0.717) is 13.2 Å². The molecule has 0 atom stereocenters. The second-order valence-electron chi connectivity index (χ2n) is 4.68. The summed E-state index contributed by atoms with van der Waals surface area (Å²) in [6.07, 6.45) is 0.872. The average molecular weight is 286 g/mol. The molecule has 21 heavy (non-hydrogen) atoms. The molecule has 0 radical (unpaired) electrons. The maximum atomic E-state index is 10.9. The van der Waals surface area contributed by atoms with Crippen LogP contribution in [0.1, 0.15) is 21.5 Å². The van der Waals surface area contributed by atoms with Crippen LogP contribution in [0.2, 0.25) is 0 Å². The third kappa shape index (κ3) is 4.61. The molecule has 0 saturated heterocycles. The summed E-state index contributed by atoms with van der Waals surface area (Å²) in [4.78, 5) is 10.9. The molecule has 0 fully saturated rings. The average Bonchev–Trinajstić information content (AvgIpc) is 2.52. The summed E-state index contributed by atoms with van der Waals surface area (Å²) in [7, 11) is 1.68. The standard InChI is InChI=1S/C17H18O4/c1-20-10-9-13-5-7-16(8-6-13)21-12-14-3-2-4-15(11-14)17(18)19/h2-8,11H,9-10,12H2,1H3,(H,18,19). The minimum absolute atomic E-state index is 0.269. The third-order valence-electron chi connectivity index (χ3n) is 3.10. The number of rotatable bonds is 7. The third-order valence-corrected chi connectivity index (χ3v) is 3.10. The molecular formula is C17H18O4. The van der Waals surface area contributed by atoms with Crippen LogP contribution in [0.15, 0.2) is 48.5 Å². The number of hydrogen-bond acceptors (Lipinski definition) is 3. The van der Waals surface area contributed by atoms with E-state index in [1.165, 1.54) is 5.56 Å². The van der Waals surface area contributed by atoms with Gasteiger partial charge in [0.25, 0.3) is 0 Å². The topological polar surface area (TPSA) is 55.8 Å². The van der Waals surface area contributed by atoms with Crippen molar-refractivity contribution in [2.45, 2.75) is 13.0 Å². The number of aromatic carboxylic acids is 1. The fourth-order valence-corrected chi connectivity index (χ4v) is 1.93. The van der Waals surface area contributed by atoms with Gasteiger partial charge in [0, 0.05) is 7.11 Å². The van der Waals surface area contributed by atoms with Gasteiger partial charge in [0.1, 0.15) is 12.4 Å². The van der Waals surface area contributed by atoms with E-state index >= 15 is 0 Å². The first kappa shape index (κ1) is 15.1. The highest BCUT2D eigenvalue weighted by Gasteiger charge is 2.03. The van der Waals surface area contributed by atoms with Crippen LogP contribution in [0.3, 0.4) is 0 Å². The van der Waals surface area contributed by atoms with Crippen LogP contribution in [-0.2, 0) is 17.8 Å². The summed E-state index contributed by atoms with van der Waals surface area (Å²) in [5.41, 5.74) is 2.29. The fourth-order valence-electron chi connectivity index (χ4n) is 1.93. The molecule has 4 heteroatoms. The van der Waals surface area contributed by atoms with E-state index in [4.69, 9.17) is 14.6 Å². The summed E-state index contributed by atoms with van der Waals surface area (Å²) < 4.78 is 10.7. The van der Waals surface area contributed by atoms with Crippen LogP contribution in [0, 0.1) is 0 Å². The van der Waals surface area contributed by atoms with Crippen LogP contribution < -0.4 is 4.74 Å². The Hall–Kier alpha value is -2.33. The Balaban J connectivity index is 1.93. The molecule has 0 aliphatic rings. The van der Waals surface area contributed by atoms with Gasteiger partial charge in [-0.15, -0.1) is 0 Å². The van der Waals surface area contributed by atoms with Crippen LogP contribution in [0.25, 0.3) is 0 Å². The molecule has 0 amide bonds. The highest BCUT2D eigenvalue weighted by atomic mass is 16.5. The Morgan fingerprint density at radius 2 is 1.86 bits per heavy atom. The number of methoxy groups -OCH3 is 1. The van der Waals surface area contributed by atoms with Crippen molar-refractivity contribution in [3.8, 4) is 5.75 Å². The highest BCUT2D eigenvalue weighted by molar-refractivity contribution is 5.87. The minimum atomic E-state index is -0.931. The first-order valence-electron chi connectivity index (χ1n) is 6.72. The zero-order chi connectivity index (χ0) is 15.1. The van der Waals surface area contributed by atoms with Crippen molar-refractivity contribution in [2.75, 3.05) is 13.7 Å². The Morgan fingerprint density at radius 3 is 2.52 bits per heavy atom. The summed E-state index contributed by atoms with van der Waals surface area (Å²) in [5.74, 6) is -0.170. The van der Waals surface area contributed by atoms with Gasteiger partial charge in [0.05, 0.1) is 12.2 Å². The predicted molar refractivity (Wildman–Crippen MR) is 79.8 cm³/mol. The summed E-state index contributed by atoms with van der Waals surface area (Å²) in [6.45, 7) is 1.04. The Morgan fingerprint density at radius 1 is 1.10 bits per heavy atom. The van der Waals surface area contributed by atoms with E-state index in [2.05, 4.69) is 0 Å². The lowest BCUT2D eigenvalue weighted by atomic mass is 10.1. The quantitative estimate of drug-likeness (QED) is 0.849. The second kappa shape index (κ2) is 7.45. The van der Waals surface area contributed by atoms with Crippen molar-refractivity contribution in [2.24, 2.45) is 0 Å². The van der Waals surface area contributed by atoms with Crippen molar-refractivity contribution < 1.29 is 19.4 Å². The van der Waals surface area contributed by atoms with E-state index in [0.717, 1.165) is 17.7 Å². The number of ether oxygens (including phenoxy) is 2. The van der Waals surface area contributed by atoms with Crippen LogP contribution in [0.5, 0.6) is 5.75 Å². The smallest absolute Gasteiger partial charge is 0.335 e. The van der Waals surface area contributed by atoms with Crippen molar-refractivity contribution >= 4 is 5.97 Å². The summed E-state index contributed by atoms with van der Waals surface area (Å²) in [5, 5.41) is 8.94. The Kier molecular flexibility index (Phi) is 5.35. The predicted octanol–water partition coefficient (Wildman–Crippen LogP) is 3.15. The van der Waals surface area contributed by atoms with Gasteiger partial charge in [-0.2, -0.15) is 0 Å². The normalized spacial score (nSPS) is 10.3. The maximum Gasteiger partial charge on any atom is 0.335 e. The van der Waals surface area contributed by atoms with E-state index in [1.54, 1.807) is 25.3 Å². The summed E-state index contributed by atoms with van der Waals surface area (Å²) in [6, 6.07) is 14.6. The number of carbonyl (C=O) groups is 1. The molecule has 110 valence electrons. The van der Waals surface area contributed by atoms with Gasteiger partial charge < -0.3 is 14.6 Å². The molecular weight excluding hydrogens is 268 g/mol. The molecule has 0 aliphatic heterocycles. The van der Waals surface area contributed by atoms with E-state index in [9.17, 15) is 4.79 Å². The molecule has 4 nitrogen and oxygen atoms in total. The van der Waals surface area contributed by atoms with Crippen molar-refractivity contribution in [3.05, 3.63) is 65.2 Å². The van der Waals surface area contributed by atoms with Gasteiger partial charge in [-0.25, -0.2) is 4.79 Å². The monoisotopic (exact) mass is 286 g/mol. The molecule has 0 spiro atoms. The molecule has 0 aromatic heterocycles. The van der Waals surface area contributed by atoms with E-state index < -0.39 is 5.97 Å². The van der Waals surface area contributed by atoms with Gasteiger partial charge in [-0.05, 0) is 41.8 Å². The van der Waals surface area contributed by atoms with E-state index in [-0.39, 0.29) is 5.56 Å². The maximum absolute atomic E-state index is 10.9. The molecule has 2 aromatic rings. The van der Waals surface area contributed by atoms with Gasteiger partial charge in [0.2, 0.25) is 0 Å². The molecule has 1 N–H and O–H groups in total. The zero-order valence-electron chi connectivity index (χ0n) is 11.9. The molecule has 2 aromatic carbocycles. The SMILES string of the molecule is COCCc1ccc(OCc2cccc(C(=O)O)c2)cc1. The Bertz CT molecular complexity index is 590. The second-order valence-corrected chi connectivity index (χ2v) is 4.68. The highest BCUT2D eigenvalue weighted by Crippen LogP contribution is 2.15. The van der Waals surface area contributed by atoms with Crippen LogP contribution in [-0.4, -0.2) is 24.8 Å². The fraction of sp³-hybridized carbons (Fsp3) is 0.235. The van der Waals surface area contributed by atoms with Crippen molar-refractivity contribution in [1.82, 2.24) is 0 Å². The van der Waals surface area contributed by atoms with Crippen molar-refractivity contribution in [1.29, 1.82) is 0 Å². The van der Waals surface area contributed by atoms with Crippen LogP contribution >= 0.6 is 0 Å². The first-order chi connectivity index (χ1) is 10.2. The molecule has 0 unspecified atom stereocenters. The zero-order valence-corrected chi connectivity index (χ0v) is 11.9.